The Balaban J connectivity index is 1.59. The number of hydrogen-bond acceptors (Lipinski definition) is 6. The molecule has 2 aromatic rings. The Morgan fingerprint density at radius 2 is 2.23 bits per heavy atom. The molecule has 1 aromatic carbocycles. The van der Waals surface area contributed by atoms with Gasteiger partial charge in [-0.3, -0.25) is 10.2 Å². The van der Waals surface area contributed by atoms with Crippen LogP contribution in [-0.2, 0) is 0 Å². The Hall–Kier alpha value is -1.96. The SMILES string of the molecule is CNc1nc(C(=O)NCC2CNNC2c2ccccc2)cs1. The van der Waals surface area contributed by atoms with Gasteiger partial charge in [-0.1, -0.05) is 30.3 Å². The highest BCUT2D eigenvalue weighted by Crippen LogP contribution is 2.24. The summed E-state index contributed by atoms with van der Waals surface area (Å²) in [5.41, 5.74) is 8.13. The van der Waals surface area contributed by atoms with Crippen LogP contribution in [0.5, 0.6) is 0 Å². The van der Waals surface area contributed by atoms with Gasteiger partial charge in [-0.05, 0) is 5.56 Å². The van der Waals surface area contributed by atoms with Crippen LogP contribution in [0, 0.1) is 5.92 Å². The minimum absolute atomic E-state index is 0.128. The second kappa shape index (κ2) is 6.87. The first kappa shape index (κ1) is 15.0. The number of hydrazine groups is 1. The lowest BCUT2D eigenvalue weighted by Gasteiger charge is -2.19. The van der Waals surface area contributed by atoms with Crippen LogP contribution in [0.25, 0.3) is 0 Å². The van der Waals surface area contributed by atoms with Gasteiger partial charge >= 0.3 is 0 Å². The molecule has 3 rings (SSSR count). The van der Waals surface area contributed by atoms with Crippen molar-refractivity contribution in [2.24, 2.45) is 5.92 Å². The zero-order chi connectivity index (χ0) is 15.4. The maximum Gasteiger partial charge on any atom is 0.270 e. The maximum atomic E-state index is 12.1. The van der Waals surface area contributed by atoms with E-state index in [-0.39, 0.29) is 11.9 Å². The monoisotopic (exact) mass is 317 g/mol. The lowest BCUT2D eigenvalue weighted by Crippen LogP contribution is -2.33. The van der Waals surface area contributed by atoms with Gasteiger partial charge in [0.2, 0.25) is 0 Å². The van der Waals surface area contributed by atoms with Crippen LogP contribution in [0.3, 0.4) is 0 Å². The minimum Gasteiger partial charge on any atom is -0.365 e. The number of rotatable bonds is 5. The molecule has 1 aromatic heterocycles. The van der Waals surface area contributed by atoms with Gasteiger partial charge in [0, 0.05) is 31.4 Å². The van der Waals surface area contributed by atoms with E-state index in [1.165, 1.54) is 16.9 Å². The Labute approximate surface area is 133 Å². The van der Waals surface area contributed by atoms with Gasteiger partial charge in [0.15, 0.2) is 5.13 Å². The molecule has 1 amide bonds. The third-order valence-electron chi connectivity index (χ3n) is 3.73. The molecule has 0 radical (unpaired) electrons. The highest BCUT2D eigenvalue weighted by Gasteiger charge is 2.28. The average Bonchev–Trinajstić information content (AvgIpc) is 3.22. The number of carbonyl (C=O) groups excluding carboxylic acids is 1. The van der Waals surface area contributed by atoms with E-state index in [4.69, 9.17) is 0 Å². The van der Waals surface area contributed by atoms with Crippen molar-refractivity contribution in [3.05, 3.63) is 47.0 Å². The topological polar surface area (TPSA) is 78.1 Å². The van der Waals surface area contributed by atoms with Gasteiger partial charge in [-0.2, -0.15) is 0 Å². The van der Waals surface area contributed by atoms with Gasteiger partial charge < -0.3 is 10.6 Å². The fourth-order valence-corrected chi connectivity index (χ4v) is 3.20. The van der Waals surface area contributed by atoms with E-state index in [0.29, 0.717) is 18.2 Å². The second-order valence-corrected chi connectivity index (χ2v) is 6.03. The zero-order valence-electron chi connectivity index (χ0n) is 12.3. The van der Waals surface area contributed by atoms with Gasteiger partial charge in [-0.25, -0.2) is 10.4 Å². The molecular weight excluding hydrogens is 298 g/mol. The van der Waals surface area contributed by atoms with Crippen LogP contribution in [0.1, 0.15) is 22.1 Å². The highest BCUT2D eigenvalue weighted by molar-refractivity contribution is 7.13. The molecular formula is C15H19N5OS. The molecule has 6 nitrogen and oxygen atoms in total. The minimum atomic E-state index is -0.128. The third-order valence-corrected chi connectivity index (χ3v) is 4.59. The lowest BCUT2D eigenvalue weighted by atomic mass is 9.95. The molecule has 1 aliphatic heterocycles. The number of hydrogen-bond donors (Lipinski definition) is 4. The summed E-state index contributed by atoms with van der Waals surface area (Å²) in [5, 5.41) is 8.42. The second-order valence-electron chi connectivity index (χ2n) is 5.17. The summed E-state index contributed by atoms with van der Waals surface area (Å²) in [4.78, 5) is 16.4. The maximum absolute atomic E-state index is 12.1. The van der Waals surface area contributed by atoms with E-state index in [1.54, 1.807) is 12.4 Å². The van der Waals surface area contributed by atoms with Crippen molar-refractivity contribution in [3.8, 4) is 0 Å². The standard InChI is InChI=1S/C15H19N5OS/c1-16-15-19-12(9-22-15)14(21)17-7-11-8-18-20-13(11)10-5-3-2-4-6-10/h2-6,9,11,13,18,20H,7-8H2,1H3,(H,16,19)(H,17,21). The van der Waals surface area contributed by atoms with Crippen molar-refractivity contribution < 1.29 is 4.79 Å². The Morgan fingerprint density at radius 1 is 1.41 bits per heavy atom. The summed E-state index contributed by atoms with van der Waals surface area (Å²) >= 11 is 1.43. The number of aromatic nitrogens is 1. The van der Waals surface area contributed by atoms with Gasteiger partial charge in [0.05, 0.1) is 6.04 Å². The average molecular weight is 317 g/mol. The fourth-order valence-electron chi connectivity index (χ4n) is 2.55. The van der Waals surface area contributed by atoms with Gasteiger partial charge in [0.25, 0.3) is 5.91 Å². The van der Waals surface area contributed by atoms with Crippen LogP contribution >= 0.6 is 11.3 Å². The van der Waals surface area contributed by atoms with Crippen LogP contribution in [0.4, 0.5) is 5.13 Å². The van der Waals surface area contributed by atoms with Crippen LogP contribution in [0.15, 0.2) is 35.7 Å². The molecule has 2 atom stereocenters. The first-order valence-electron chi connectivity index (χ1n) is 7.22. The molecule has 1 saturated heterocycles. The summed E-state index contributed by atoms with van der Waals surface area (Å²) in [7, 11) is 1.79. The summed E-state index contributed by atoms with van der Waals surface area (Å²) in [6.07, 6.45) is 0. The normalized spacial score (nSPS) is 20.8. The predicted octanol–water partition coefficient (Wildman–Crippen LogP) is 1.38. The molecule has 0 bridgehead atoms. The molecule has 116 valence electrons. The summed E-state index contributed by atoms with van der Waals surface area (Å²) < 4.78 is 0. The zero-order valence-corrected chi connectivity index (χ0v) is 13.1. The number of thiazole rings is 1. The third kappa shape index (κ3) is 3.27. The van der Waals surface area contributed by atoms with Gasteiger partial charge in [0.1, 0.15) is 5.69 Å². The van der Waals surface area contributed by atoms with Crippen molar-refractivity contribution in [2.45, 2.75) is 6.04 Å². The Bertz CT molecular complexity index is 630. The number of carbonyl (C=O) groups is 1. The van der Waals surface area contributed by atoms with E-state index >= 15 is 0 Å². The molecule has 2 heterocycles. The van der Waals surface area contributed by atoms with Gasteiger partial charge in [-0.15, -0.1) is 11.3 Å². The smallest absolute Gasteiger partial charge is 0.270 e. The molecule has 2 unspecified atom stereocenters. The molecule has 0 aliphatic carbocycles. The van der Waals surface area contributed by atoms with Crippen molar-refractivity contribution in [1.82, 2.24) is 21.2 Å². The van der Waals surface area contributed by atoms with E-state index < -0.39 is 0 Å². The molecule has 0 saturated carbocycles. The molecule has 4 N–H and O–H groups in total. The molecule has 1 aliphatic rings. The Kier molecular flexibility index (Phi) is 4.67. The number of nitrogens with one attached hydrogen (secondary N) is 4. The quantitative estimate of drug-likeness (QED) is 0.670. The van der Waals surface area contributed by atoms with E-state index in [1.807, 2.05) is 18.2 Å². The first-order valence-corrected chi connectivity index (χ1v) is 8.10. The first-order chi connectivity index (χ1) is 10.8. The van der Waals surface area contributed by atoms with Crippen LogP contribution < -0.4 is 21.5 Å². The van der Waals surface area contributed by atoms with Crippen molar-refractivity contribution >= 4 is 22.4 Å². The van der Waals surface area contributed by atoms with Crippen molar-refractivity contribution in [2.75, 3.05) is 25.5 Å². The summed E-state index contributed by atoms with van der Waals surface area (Å²) in [5.74, 6) is 0.171. The number of benzene rings is 1. The molecule has 7 heteroatoms. The summed E-state index contributed by atoms with van der Waals surface area (Å²) in [6.45, 7) is 1.42. The number of anilines is 1. The van der Waals surface area contributed by atoms with Crippen LogP contribution in [-0.4, -0.2) is 31.0 Å². The molecule has 22 heavy (non-hydrogen) atoms. The number of nitrogens with zero attached hydrogens (tertiary/aromatic N) is 1. The molecule has 1 fully saturated rings. The number of amides is 1. The fraction of sp³-hybridized carbons (Fsp3) is 0.333. The van der Waals surface area contributed by atoms with Crippen LogP contribution in [0.2, 0.25) is 0 Å². The Morgan fingerprint density at radius 3 is 2.95 bits per heavy atom. The lowest BCUT2D eigenvalue weighted by molar-refractivity contribution is 0.0942. The largest absolute Gasteiger partial charge is 0.365 e. The van der Waals surface area contributed by atoms with E-state index in [0.717, 1.165) is 11.7 Å². The van der Waals surface area contributed by atoms with Crippen molar-refractivity contribution in [3.63, 3.8) is 0 Å². The highest BCUT2D eigenvalue weighted by atomic mass is 32.1. The predicted molar refractivity (Wildman–Crippen MR) is 87.8 cm³/mol. The van der Waals surface area contributed by atoms with E-state index in [9.17, 15) is 4.79 Å². The van der Waals surface area contributed by atoms with E-state index in [2.05, 4.69) is 38.6 Å². The summed E-state index contributed by atoms with van der Waals surface area (Å²) in [6, 6.07) is 10.5. The molecule has 0 spiro atoms. The van der Waals surface area contributed by atoms with Crippen molar-refractivity contribution in [1.29, 1.82) is 0 Å².